The van der Waals surface area contributed by atoms with Crippen LogP contribution in [-0.4, -0.2) is 33.7 Å². The van der Waals surface area contributed by atoms with E-state index in [0.29, 0.717) is 11.3 Å². The Labute approximate surface area is 140 Å². The average Bonchev–Trinajstić information content (AvgIpc) is 3.01. The van der Waals surface area contributed by atoms with Gasteiger partial charge in [-0.05, 0) is 17.5 Å². The number of Topliss-reactive ketones (excluding diaryl/α,β-unsaturated/α-hetero) is 2. The Kier molecular flexibility index (Phi) is 5.43. The number of ketones is 2. The van der Waals surface area contributed by atoms with Crippen LogP contribution >= 0.6 is 11.3 Å². The zero-order valence-electron chi connectivity index (χ0n) is 12.2. The minimum atomic E-state index is -1.66. The molecule has 0 spiro atoms. The van der Waals surface area contributed by atoms with Gasteiger partial charge in [-0.15, -0.1) is 0 Å². The van der Waals surface area contributed by atoms with Gasteiger partial charge in [-0.3, -0.25) is 9.59 Å². The van der Waals surface area contributed by atoms with Gasteiger partial charge in [-0.25, -0.2) is 9.59 Å². The number of rotatable bonds is 8. The van der Waals surface area contributed by atoms with Crippen LogP contribution in [0.4, 0.5) is 0 Å². The van der Waals surface area contributed by atoms with Crippen LogP contribution in [0.3, 0.4) is 0 Å². The third kappa shape index (κ3) is 4.26. The van der Waals surface area contributed by atoms with Crippen molar-refractivity contribution in [1.82, 2.24) is 0 Å². The molecule has 7 nitrogen and oxygen atoms in total. The number of hydrogen-bond acceptors (Lipinski definition) is 6. The molecule has 24 heavy (non-hydrogen) atoms. The maximum Gasteiger partial charge on any atom is 0.372 e. The van der Waals surface area contributed by atoms with Crippen molar-refractivity contribution < 1.29 is 34.1 Å². The predicted molar refractivity (Wildman–Crippen MR) is 83.6 cm³/mol. The summed E-state index contributed by atoms with van der Waals surface area (Å²) in [6.07, 6.45) is -0.730. The van der Waals surface area contributed by atoms with Crippen LogP contribution < -0.4 is 4.74 Å². The zero-order chi connectivity index (χ0) is 17.7. The third-order valence-electron chi connectivity index (χ3n) is 3.08. The average molecular weight is 348 g/mol. The largest absolute Gasteiger partial charge is 0.489 e. The molecule has 0 aliphatic heterocycles. The van der Waals surface area contributed by atoms with E-state index in [1.54, 1.807) is 11.4 Å². The number of carbonyl (C=O) groups is 4. The highest BCUT2D eigenvalue weighted by Crippen LogP contribution is 2.20. The lowest BCUT2D eigenvalue weighted by Crippen LogP contribution is -2.17. The highest BCUT2D eigenvalue weighted by molar-refractivity contribution is 7.08. The smallest absolute Gasteiger partial charge is 0.372 e. The number of benzene rings is 1. The van der Waals surface area contributed by atoms with Gasteiger partial charge < -0.3 is 14.9 Å². The van der Waals surface area contributed by atoms with Gasteiger partial charge in [0.2, 0.25) is 5.78 Å². The fourth-order valence-corrected chi connectivity index (χ4v) is 2.68. The van der Waals surface area contributed by atoms with Crippen molar-refractivity contribution in [3.05, 3.63) is 51.7 Å². The van der Waals surface area contributed by atoms with Gasteiger partial charge in [0.05, 0.1) is 12.0 Å². The quantitative estimate of drug-likeness (QED) is 0.427. The molecule has 124 valence electrons. The maximum absolute atomic E-state index is 11.9. The molecule has 0 saturated carbocycles. The second-order valence-electron chi connectivity index (χ2n) is 4.76. The molecule has 0 amide bonds. The van der Waals surface area contributed by atoms with Gasteiger partial charge >= 0.3 is 11.9 Å². The minimum absolute atomic E-state index is 0.0107. The van der Waals surface area contributed by atoms with Crippen molar-refractivity contribution in [2.24, 2.45) is 0 Å². The first-order valence-electron chi connectivity index (χ1n) is 6.69. The van der Waals surface area contributed by atoms with Crippen molar-refractivity contribution in [2.75, 3.05) is 0 Å². The third-order valence-corrected chi connectivity index (χ3v) is 3.87. The Morgan fingerprint density at radius 3 is 2.50 bits per heavy atom. The number of carbonyl (C=O) groups excluding carboxylic acids is 2. The van der Waals surface area contributed by atoms with Crippen LogP contribution in [0, 0.1) is 0 Å². The van der Waals surface area contributed by atoms with Crippen LogP contribution in [0.2, 0.25) is 0 Å². The minimum Gasteiger partial charge on any atom is -0.489 e. The summed E-state index contributed by atoms with van der Waals surface area (Å²) < 4.78 is 5.47. The van der Waals surface area contributed by atoms with Crippen LogP contribution in [-0.2, 0) is 16.2 Å². The number of carboxylic acid groups (broad SMARTS) is 2. The molecule has 0 aliphatic carbocycles. The standard InChI is InChI=1S/C16H12O7S/c17-13(5-14(18)16(21)22)9-2-1-3-11(4-9)23-6-10-7-24-8-12(10)15(19)20/h1-4,7-8H,5-6H2,(H,19,20)(H,21,22). The second-order valence-corrected chi connectivity index (χ2v) is 5.50. The number of hydrogen-bond donors (Lipinski definition) is 2. The molecular formula is C16H12O7S. The normalized spacial score (nSPS) is 10.2. The molecule has 0 atom stereocenters. The number of aromatic carboxylic acids is 1. The highest BCUT2D eigenvalue weighted by Gasteiger charge is 2.18. The molecule has 0 saturated heterocycles. The van der Waals surface area contributed by atoms with Crippen LogP contribution in [0.5, 0.6) is 5.75 Å². The Morgan fingerprint density at radius 2 is 1.83 bits per heavy atom. The molecule has 1 aromatic heterocycles. The Morgan fingerprint density at radius 1 is 1.08 bits per heavy atom. The van der Waals surface area contributed by atoms with Crippen LogP contribution in [0.1, 0.15) is 32.7 Å². The summed E-state index contributed by atoms with van der Waals surface area (Å²) in [7, 11) is 0. The van der Waals surface area contributed by atoms with Gasteiger partial charge in [0.25, 0.3) is 0 Å². The summed E-state index contributed by atoms with van der Waals surface area (Å²) in [5, 5.41) is 20.7. The van der Waals surface area contributed by atoms with Gasteiger partial charge in [-0.1, -0.05) is 12.1 Å². The van der Waals surface area contributed by atoms with E-state index < -0.39 is 29.9 Å². The fraction of sp³-hybridized carbons (Fsp3) is 0.125. The molecule has 1 heterocycles. The van der Waals surface area contributed by atoms with E-state index in [1.807, 2.05) is 0 Å². The lowest BCUT2D eigenvalue weighted by atomic mass is 10.1. The second kappa shape index (κ2) is 7.51. The van der Waals surface area contributed by atoms with E-state index in [2.05, 4.69) is 0 Å². The molecule has 0 unspecified atom stereocenters. The Bertz CT molecular complexity index is 806. The molecule has 0 bridgehead atoms. The van der Waals surface area contributed by atoms with Crippen molar-refractivity contribution >= 4 is 34.8 Å². The monoisotopic (exact) mass is 348 g/mol. The molecule has 1 aromatic carbocycles. The number of carboxylic acids is 2. The summed E-state index contributed by atoms with van der Waals surface area (Å²) >= 11 is 1.24. The lowest BCUT2D eigenvalue weighted by molar-refractivity contribution is -0.148. The summed E-state index contributed by atoms with van der Waals surface area (Å²) in [6, 6.07) is 5.92. The van der Waals surface area contributed by atoms with E-state index in [0.717, 1.165) is 0 Å². The Hall–Kier alpha value is -3.00. The van der Waals surface area contributed by atoms with Crippen molar-refractivity contribution in [3.63, 3.8) is 0 Å². The maximum atomic E-state index is 11.9. The topological polar surface area (TPSA) is 118 Å². The molecule has 2 rings (SSSR count). The van der Waals surface area contributed by atoms with E-state index in [9.17, 15) is 19.2 Å². The van der Waals surface area contributed by atoms with Crippen LogP contribution in [0.25, 0.3) is 0 Å². The SMILES string of the molecule is O=C(O)C(=O)CC(=O)c1cccc(OCc2cscc2C(=O)O)c1. The first-order valence-corrected chi connectivity index (χ1v) is 7.63. The summed E-state index contributed by atoms with van der Waals surface area (Å²) in [6.45, 7) is 0.0107. The summed E-state index contributed by atoms with van der Waals surface area (Å²) in [4.78, 5) is 44.5. The highest BCUT2D eigenvalue weighted by atomic mass is 32.1. The van der Waals surface area contributed by atoms with Crippen LogP contribution in [0.15, 0.2) is 35.0 Å². The summed E-state index contributed by atoms with van der Waals surface area (Å²) in [5.41, 5.74) is 0.801. The molecule has 2 aromatic rings. The molecule has 0 radical (unpaired) electrons. The first kappa shape index (κ1) is 17.4. The van der Waals surface area contributed by atoms with Crippen molar-refractivity contribution in [2.45, 2.75) is 13.0 Å². The number of thiophene rings is 1. The van der Waals surface area contributed by atoms with Gasteiger partial charge in [0.1, 0.15) is 12.4 Å². The molecule has 8 heteroatoms. The Balaban J connectivity index is 2.06. The molecule has 0 fully saturated rings. The molecule has 2 N–H and O–H groups in total. The predicted octanol–water partition coefficient (Wildman–Crippen LogP) is 2.25. The van der Waals surface area contributed by atoms with Gasteiger partial charge in [0, 0.05) is 16.5 Å². The van der Waals surface area contributed by atoms with E-state index in [1.165, 1.54) is 34.9 Å². The van der Waals surface area contributed by atoms with Gasteiger partial charge in [-0.2, -0.15) is 11.3 Å². The number of aliphatic carboxylic acids is 1. The van der Waals surface area contributed by atoms with E-state index in [4.69, 9.17) is 14.9 Å². The molecule has 0 aliphatic rings. The lowest BCUT2D eigenvalue weighted by Gasteiger charge is -2.07. The summed E-state index contributed by atoms with van der Waals surface area (Å²) in [5.74, 6) is -4.21. The van der Waals surface area contributed by atoms with Crippen molar-refractivity contribution in [3.8, 4) is 5.75 Å². The van der Waals surface area contributed by atoms with Crippen molar-refractivity contribution in [1.29, 1.82) is 0 Å². The zero-order valence-corrected chi connectivity index (χ0v) is 13.0. The van der Waals surface area contributed by atoms with Gasteiger partial charge in [0.15, 0.2) is 5.78 Å². The van der Waals surface area contributed by atoms with E-state index >= 15 is 0 Å². The fourth-order valence-electron chi connectivity index (χ4n) is 1.87. The number of ether oxygens (including phenoxy) is 1. The molecular weight excluding hydrogens is 336 g/mol. The van der Waals surface area contributed by atoms with E-state index in [-0.39, 0.29) is 17.7 Å². The first-order chi connectivity index (χ1) is 11.4.